The van der Waals surface area contributed by atoms with E-state index in [0.29, 0.717) is 12.1 Å². The van der Waals surface area contributed by atoms with Crippen LogP contribution in [0.15, 0.2) is 11.6 Å². The third-order valence-electron chi connectivity index (χ3n) is 2.77. The van der Waals surface area contributed by atoms with Crippen LogP contribution in [0.4, 0.5) is 0 Å². The zero-order valence-electron chi connectivity index (χ0n) is 7.21. The Hall–Kier alpha value is -0.380. The second kappa shape index (κ2) is 3.56. The molecular formula is C9H16N2O. The second-order valence-electron chi connectivity index (χ2n) is 3.58. The maximum atomic E-state index is 8.96. The summed E-state index contributed by atoms with van der Waals surface area (Å²) in [6.07, 6.45) is 4.24. The van der Waals surface area contributed by atoms with Gasteiger partial charge in [-0.2, -0.15) is 0 Å². The highest BCUT2D eigenvalue weighted by molar-refractivity contribution is 5.13. The van der Waals surface area contributed by atoms with Gasteiger partial charge in [-0.05, 0) is 18.4 Å². The lowest BCUT2D eigenvalue weighted by Gasteiger charge is -2.36. The molecule has 1 fully saturated rings. The van der Waals surface area contributed by atoms with Gasteiger partial charge in [0.05, 0.1) is 6.61 Å². The van der Waals surface area contributed by atoms with Crippen LogP contribution in [-0.4, -0.2) is 36.9 Å². The Bertz CT molecular complexity index is 191. The molecule has 3 nitrogen and oxygen atoms in total. The minimum Gasteiger partial charge on any atom is -0.392 e. The van der Waals surface area contributed by atoms with E-state index in [4.69, 9.17) is 5.11 Å². The summed E-state index contributed by atoms with van der Waals surface area (Å²) in [5.41, 5.74) is 1.19. The van der Waals surface area contributed by atoms with Crippen LogP contribution < -0.4 is 10.6 Å². The van der Waals surface area contributed by atoms with E-state index >= 15 is 0 Å². The Kier molecular flexibility index (Phi) is 2.44. The van der Waals surface area contributed by atoms with Crippen LogP contribution in [0.3, 0.4) is 0 Å². The molecule has 2 rings (SSSR count). The van der Waals surface area contributed by atoms with Crippen molar-refractivity contribution in [3.05, 3.63) is 11.6 Å². The van der Waals surface area contributed by atoms with Gasteiger partial charge in [-0.3, -0.25) is 0 Å². The minimum absolute atomic E-state index is 0.227. The third kappa shape index (κ3) is 1.53. The summed E-state index contributed by atoms with van der Waals surface area (Å²) in [4.78, 5) is 0. The summed E-state index contributed by atoms with van der Waals surface area (Å²) >= 11 is 0. The maximum absolute atomic E-state index is 8.96. The molecule has 0 bridgehead atoms. The SMILES string of the molecule is OCC1=CC[C@H]2NCCNC2C1. The van der Waals surface area contributed by atoms with E-state index in [9.17, 15) is 0 Å². The zero-order valence-corrected chi connectivity index (χ0v) is 7.21. The third-order valence-corrected chi connectivity index (χ3v) is 2.77. The van der Waals surface area contributed by atoms with E-state index in [-0.39, 0.29) is 6.61 Å². The Balaban J connectivity index is 2.00. The molecule has 2 atom stereocenters. The molecule has 1 aliphatic carbocycles. The summed E-state index contributed by atoms with van der Waals surface area (Å²) in [6, 6.07) is 1.14. The van der Waals surface area contributed by atoms with E-state index in [1.807, 2.05) is 0 Å². The molecule has 68 valence electrons. The molecule has 0 radical (unpaired) electrons. The average molecular weight is 168 g/mol. The number of hydrogen-bond acceptors (Lipinski definition) is 3. The molecule has 0 aromatic heterocycles. The molecule has 0 saturated carbocycles. The summed E-state index contributed by atoms with van der Waals surface area (Å²) in [5.74, 6) is 0. The number of piperazine rings is 1. The van der Waals surface area contributed by atoms with Gasteiger partial charge in [0.25, 0.3) is 0 Å². The fraction of sp³-hybridized carbons (Fsp3) is 0.778. The zero-order chi connectivity index (χ0) is 8.39. The molecule has 1 aliphatic heterocycles. The van der Waals surface area contributed by atoms with E-state index < -0.39 is 0 Å². The molecule has 0 spiro atoms. The first-order chi connectivity index (χ1) is 5.90. The Labute approximate surface area is 72.9 Å². The molecule has 1 unspecified atom stereocenters. The minimum atomic E-state index is 0.227. The Morgan fingerprint density at radius 2 is 2.08 bits per heavy atom. The van der Waals surface area contributed by atoms with Gasteiger partial charge in [-0.15, -0.1) is 0 Å². The van der Waals surface area contributed by atoms with Crippen LogP contribution in [0.25, 0.3) is 0 Å². The lowest BCUT2D eigenvalue weighted by Crippen LogP contribution is -2.56. The Morgan fingerprint density at radius 1 is 1.33 bits per heavy atom. The monoisotopic (exact) mass is 168 g/mol. The summed E-state index contributed by atoms with van der Waals surface area (Å²) in [6.45, 7) is 2.36. The molecular weight excluding hydrogens is 152 g/mol. The second-order valence-corrected chi connectivity index (χ2v) is 3.58. The van der Waals surface area contributed by atoms with Crippen LogP contribution in [-0.2, 0) is 0 Å². The first-order valence-corrected chi connectivity index (χ1v) is 4.65. The molecule has 12 heavy (non-hydrogen) atoms. The number of hydrogen-bond donors (Lipinski definition) is 3. The van der Waals surface area contributed by atoms with Gasteiger partial charge in [-0.1, -0.05) is 6.08 Å². The quantitative estimate of drug-likeness (QED) is 0.468. The van der Waals surface area contributed by atoms with Crippen molar-refractivity contribution in [3.63, 3.8) is 0 Å². The smallest absolute Gasteiger partial charge is 0.0642 e. The number of fused-ring (bicyclic) bond motifs is 1. The van der Waals surface area contributed by atoms with Gasteiger partial charge in [0.2, 0.25) is 0 Å². The van der Waals surface area contributed by atoms with Crippen molar-refractivity contribution >= 4 is 0 Å². The molecule has 3 heteroatoms. The van der Waals surface area contributed by atoms with Gasteiger partial charge in [0, 0.05) is 25.2 Å². The van der Waals surface area contributed by atoms with Crippen LogP contribution in [0, 0.1) is 0 Å². The first kappa shape index (κ1) is 8.23. The van der Waals surface area contributed by atoms with Crippen LogP contribution in [0.1, 0.15) is 12.8 Å². The predicted octanol–water partition coefficient (Wildman–Crippen LogP) is -0.371. The topological polar surface area (TPSA) is 44.3 Å². The summed E-state index contributed by atoms with van der Waals surface area (Å²) in [5, 5.41) is 15.9. The van der Waals surface area contributed by atoms with Crippen molar-refractivity contribution in [1.29, 1.82) is 0 Å². The lowest BCUT2D eigenvalue weighted by molar-refractivity contribution is 0.277. The summed E-state index contributed by atoms with van der Waals surface area (Å²) < 4.78 is 0. The van der Waals surface area contributed by atoms with Crippen LogP contribution in [0.2, 0.25) is 0 Å². The van der Waals surface area contributed by atoms with Crippen LogP contribution in [0.5, 0.6) is 0 Å². The fourth-order valence-corrected chi connectivity index (χ4v) is 2.05. The number of rotatable bonds is 1. The normalized spacial score (nSPS) is 35.6. The standard InChI is InChI=1S/C9H16N2O/c12-6-7-1-2-8-9(5-7)11-4-3-10-8/h1,8-12H,2-6H2/t8-,9?/m1/s1. The molecule has 2 aliphatic rings. The first-order valence-electron chi connectivity index (χ1n) is 4.65. The number of nitrogens with one attached hydrogen (secondary N) is 2. The fourth-order valence-electron chi connectivity index (χ4n) is 2.05. The highest BCUT2D eigenvalue weighted by atomic mass is 16.3. The molecule has 0 aromatic rings. The van der Waals surface area contributed by atoms with Crippen molar-refractivity contribution in [1.82, 2.24) is 10.6 Å². The van der Waals surface area contributed by atoms with Gasteiger partial charge in [0.15, 0.2) is 0 Å². The van der Waals surface area contributed by atoms with Crippen molar-refractivity contribution < 1.29 is 5.11 Å². The average Bonchev–Trinajstić information content (AvgIpc) is 2.17. The van der Waals surface area contributed by atoms with Crippen molar-refractivity contribution in [2.24, 2.45) is 0 Å². The molecule has 3 N–H and O–H groups in total. The van der Waals surface area contributed by atoms with E-state index in [1.54, 1.807) is 0 Å². The number of aliphatic hydroxyl groups is 1. The summed E-state index contributed by atoms with van der Waals surface area (Å²) in [7, 11) is 0. The Morgan fingerprint density at radius 3 is 2.83 bits per heavy atom. The lowest BCUT2D eigenvalue weighted by atomic mass is 9.89. The van der Waals surface area contributed by atoms with Gasteiger partial charge < -0.3 is 15.7 Å². The van der Waals surface area contributed by atoms with Crippen LogP contribution >= 0.6 is 0 Å². The molecule has 0 aromatic carbocycles. The maximum Gasteiger partial charge on any atom is 0.0642 e. The van der Waals surface area contributed by atoms with E-state index in [2.05, 4.69) is 16.7 Å². The van der Waals surface area contributed by atoms with Gasteiger partial charge >= 0.3 is 0 Å². The van der Waals surface area contributed by atoms with E-state index in [0.717, 1.165) is 25.9 Å². The highest BCUT2D eigenvalue weighted by Crippen LogP contribution is 2.19. The van der Waals surface area contributed by atoms with Gasteiger partial charge in [-0.25, -0.2) is 0 Å². The number of aliphatic hydroxyl groups excluding tert-OH is 1. The van der Waals surface area contributed by atoms with Gasteiger partial charge in [0.1, 0.15) is 0 Å². The largest absolute Gasteiger partial charge is 0.392 e. The molecule has 0 amide bonds. The predicted molar refractivity (Wildman–Crippen MR) is 48.0 cm³/mol. The molecule has 1 heterocycles. The van der Waals surface area contributed by atoms with Crippen molar-refractivity contribution in [2.75, 3.05) is 19.7 Å². The molecule has 1 saturated heterocycles. The van der Waals surface area contributed by atoms with Crippen molar-refractivity contribution in [3.8, 4) is 0 Å². The van der Waals surface area contributed by atoms with E-state index in [1.165, 1.54) is 5.57 Å². The van der Waals surface area contributed by atoms with Crippen molar-refractivity contribution in [2.45, 2.75) is 24.9 Å². The highest BCUT2D eigenvalue weighted by Gasteiger charge is 2.26.